The molecule has 4 rings (SSSR count). The first kappa shape index (κ1) is 20.3. The Morgan fingerprint density at radius 2 is 1.77 bits per heavy atom. The van der Waals surface area contributed by atoms with Crippen LogP contribution in [0.1, 0.15) is 25.7 Å². The zero-order valence-corrected chi connectivity index (χ0v) is 17.4. The van der Waals surface area contributed by atoms with Gasteiger partial charge in [-0.15, -0.1) is 0 Å². The van der Waals surface area contributed by atoms with Gasteiger partial charge >= 0.3 is 5.97 Å². The number of ether oxygens (including phenoxy) is 1. The Hall–Kier alpha value is -2.96. The summed E-state index contributed by atoms with van der Waals surface area (Å²) in [7, 11) is 1.42. The molecule has 0 spiro atoms. The zero-order valence-electron chi connectivity index (χ0n) is 17.4. The number of piperidine rings is 2. The lowest BCUT2D eigenvalue weighted by Gasteiger charge is -2.37. The van der Waals surface area contributed by atoms with Crippen LogP contribution in [-0.4, -0.2) is 60.0 Å². The third-order valence-corrected chi connectivity index (χ3v) is 6.16. The number of likely N-dealkylation sites (tertiary alicyclic amines) is 1. The van der Waals surface area contributed by atoms with E-state index in [-0.39, 0.29) is 23.7 Å². The highest BCUT2D eigenvalue weighted by Gasteiger charge is 2.33. The molecule has 7 nitrogen and oxygen atoms in total. The number of benzene rings is 1. The van der Waals surface area contributed by atoms with Gasteiger partial charge in [0, 0.05) is 37.8 Å². The first-order valence-corrected chi connectivity index (χ1v) is 10.6. The number of methoxy groups -OCH3 is 1. The minimum Gasteiger partial charge on any atom is -0.469 e. The van der Waals surface area contributed by atoms with Crippen molar-refractivity contribution in [2.24, 2.45) is 11.8 Å². The van der Waals surface area contributed by atoms with E-state index in [1.807, 2.05) is 41.3 Å². The van der Waals surface area contributed by atoms with Gasteiger partial charge in [0.2, 0.25) is 5.91 Å². The summed E-state index contributed by atoms with van der Waals surface area (Å²) in [5.41, 5.74) is 1.94. The largest absolute Gasteiger partial charge is 0.469 e. The Morgan fingerprint density at radius 3 is 2.50 bits per heavy atom. The van der Waals surface area contributed by atoms with Crippen LogP contribution >= 0.6 is 0 Å². The fourth-order valence-electron chi connectivity index (χ4n) is 4.43. The van der Waals surface area contributed by atoms with Crippen LogP contribution in [0.5, 0.6) is 0 Å². The molecule has 158 valence electrons. The summed E-state index contributed by atoms with van der Waals surface area (Å²) in [5.74, 6) is 0.776. The van der Waals surface area contributed by atoms with E-state index in [9.17, 15) is 9.59 Å². The second-order valence-electron chi connectivity index (χ2n) is 8.04. The number of hydrogen-bond donors (Lipinski definition) is 0. The molecule has 1 aromatic heterocycles. The van der Waals surface area contributed by atoms with Crippen molar-refractivity contribution in [2.45, 2.75) is 25.7 Å². The van der Waals surface area contributed by atoms with Crippen molar-refractivity contribution >= 4 is 17.7 Å². The van der Waals surface area contributed by atoms with Crippen molar-refractivity contribution in [1.82, 2.24) is 14.9 Å². The average molecular weight is 409 g/mol. The molecule has 30 heavy (non-hydrogen) atoms. The molecule has 3 heterocycles. The van der Waals surface area contributed by atoms with Gasteiger partial charge in [-0.1, -0.05) is 30.3 Å². The number of esters is 1. The maximum atomic E-state index is 13.1. The predicted molar refractivity (Wildman–Crippen MR) is 114 cm³/mol. The number of carbonyl (C=O) groups is 2. The van der Waals surface area contributed by atoms with Crippen LogP contribution in [-0.2, 0) is 14.3 Å². The Morgan fingerprint density at radius 1 is 1.00 bits per heavy atom. The molecule has 1 aromatic carbocycles. The highest BCUT2D eigenvalue weighted by molar-refractivity contribution is 5.80. The molecule has 2 aliphatic rings. The van der Waals surface area contributed by atoms with Crippen molar-refractivity contribution in [3.05, 3.63) is 42.7 Å². The lowest BCUT2D eigenvalue weighted by Crippen LogP contribution is -2.48. The van der Waals surface area contributed by atoms with Crippen LogP contribution < -0.4 is 4.90 Å². The number of rotatable bonds is 4. The maximum absolute atomic E-state index is 13.1. The van der Waals surface area contributed by atoms with Crippen molar-refractivity contribution in [3.8, 4) is 11.3 Å². The van der Waals surface area contributed by atoms with Crippen LogP contribution in [0.2, 0.25) is 0 Å². The van der Waals surface area contributed by atoms with Gasteiger partial charge in [0.1, 0.15) is 12.1 Å². The smallest absolute Gasteiger partial charge is 0.308 e. The Bertz CT molecular complexity index is 881. The Balaban J connectivity index is 1.40. The summed E-state index contributed by atoms with van der Waals surface area (Å²) in [4.78, 5) is 37.8. The standard InChI is InChI=1S/C23H28N4O3/c1-30-23(29)18-9-12-26(13-10-18)22(28)19-8-5-11-27(15-19)21-14-20(24-16-25-21)17-6-3-2-4-7-17/h2-4,6-7,14,16,18-19H,5,8-13,15H2,1H3. The molecule has 7 heteroatoms. The van der Waals surface area contributed by atoms with Crippen LogP contribution in [0.15, 0.2) is 42.7 Å². The first-order valence-electron chi connectivity index (χ1n) is 10.6. The van der Waals surface area contributed by atoms with E-state index < -0.39 is 0 Å². The topological polar surface area (TPSA) is 75.6 Å². The molecule has 1 atom stereocenters. The lowest BCUT2D eigenvalue weighted by atomic mass is 9.93. The fraction of sp³-hybridized carbons (Fsp3) is 0.478. The van der Waals surface area contributed by atoms with E-state index in [4.69, 9.17) is 4.74 Å². The third-order valence-electron chi connectivity index (χ3n) is 6.16. The molecule has 1 unspecified atom stereocenters. The summed E-state index contributed by atoms with van der Waals surface area (Å²) >= 11 is 0. The molecule has 0 N–H and O–H groups in total. The fourth-order valence-corrected chi connectivity index (χ4v) is 4.43. The van der Waals surface area contributed by atoms with Gasteiger partial charge in [0.05, 0.1) is 24.6 Å². The van der Waals surface area contributed by atoms with Crippen LogP contribution in [0.3, 0.4) is 0 Å². The van der Waals surface area contributed by atoms with Crippen LogP contribution in [0.4, 0.5) is 5.82 Å². The number of hydrogen-bond acceptors (Lipinski definition) is 6. The summed E-state index contributed by atoms with van der Waals surface area (Å²) in [5, 5.41) is 0. The molecular formula is C23H28N4O3. The molecule has 0 saturated carbocycles. The van der Waals surface area contributed by atoms with Crippen LogP contribution in [0, 0.1) is 11.8 Å². The summed E-state index contributed by atoms with van der Waals surface area (Å²) in [6, 6.07) is 12.1. The van der Waals surface area contributed by atoms with Crippen molar-refractivity contribution in [3.63, 3.8) is 0 Å². The van der Waals surface area contributed by atoms with Gasteiger partial charge in [-0.3, -0.25) is 9.59 Å². The lowest BCUT2D eigenvalue weighted by molar-refractivity contribution is -0.149. The second kappa shape index (κ2) is 9.24. The van der Waals surface area contributed by atoms with E-state index in [0.29, 0.717) is 32.5 Å². The molecule has 2 fully saturated rings. The van der Waals surface area contributed by atoms with Gasteiger partial charge < -0.3 is 14.5 Å². The number of anilines is 1. The van der Waals surface area contributed by atoms with E-state index in [2.05, 4.69) is 14.9 Å². The van der Waals surface area contributed by atoms with Crippen LogP contribution in [0.25, 0.3) is 11.3 Å². The number of aromatic nitrogens is 2. The monoisotopic (exact) mass is 408 g/mol. The van der Waals surface area contributed by atoms with Gasteiger partial charge in [0.25, 0.3) is 0 Å². The second-order valence-corrected chi connectivity index (χ2v) is 8.04. The molecule has 0 radical (unpaired) electrons. The molecular weight excluding hydrogens is 380 g/mol. The normalized spacial score (nSPS) is 20.1. The number of carbonyl (C=O) groups excluding carboxylic acids is 2. The summed E-state index contributed by atoms with van der Waals surface area (Å²) in [6.07, 6.45) is 4.81. The van der Waals surface area contributed by atoms with Crippen molar-refractivity contribution in [2.75, 3.05) is 38.2 Å². The molecule has 0 aliphatic carbocycles. The van der Waals surface area contributed by atoms with E-state index >= 15 is 0 Å². The van der Waals surface area contributed by atoms with E-state index in [1.165, 1.54) is 7.11 Å². The van der Waals surface area contributed by atoms with Crippen molar-refractivity contribution < 1.29 is 14.3 Å². The highest BCUT2D eigenvalue weighted by atomic mass is 16.5. The minimum absolute atomic E-state index is 0.0384. The molecule has 0 bridgehead atoms. The predicted octanol–water partition coefficient (Wildman–Crippen LogP) is 2.77. The number of amides is 1. The molecule has 1 amide bonds. The Kier molecular flexibility index (Phi) is 6.26. The van der Waals surface area contributed by atoms with Gasteiger partial charge in [-0.05, 0) is 25.7 Å². The van der Waals surface area contributed by atoms with Crippen molar-refractivity contribution in [1.29, 1.82) is 0 Å². The highest BCUT2D eigenvalue weighted by Crippen LogP contribution is 2.27. The zero-order chi connectivity index (χ0) is 20.9. The number of nitrogens with zero attached hydrogens (tertiary/aromatic N) is 4. The van der Waals surface area contributed by atoms with Gasteiger partial charge in [0.15, 0.2) is 0 Å². The van der Waals surface area contributed by atoms with Gasteiger partial charge in [-0.2, -0.15) is 0 Å². The molecule has 2 aromatic rings. The SMILES string of the molecule is COC(=O)C1CCN(C(=O)C2CCCN(c3cc(-c4ccccc4)ncn3)C2)CC1. The summed E-state index contributed by atoms with van der Waals surface area (Å²) in [6.45, 7) is 2.81. The quantitative estimate of drug-likeness (QED) is 0.724. The van der Waals surface area contributed by atoms with Gasteiger partial charge in [-0.25, -0.2) is 9.97 Å². The summed E-state index contributed by atoms with van der Waals surface area (Å²) < 4.78 is 4.85. The molecule has 2 aliphatic heterocycles. The third kappa shape index (κ3) is 4.45. The Labute approximate surface area is 177 Å². The minimum atomic E-state index is -0.163. The maximum Gasteiger partial charge on any atom is 0.308 e. The van der Waals surface area contributed by atoms with E-state index in [0.717, 1.165) is 36.5 Å². The van der Waals surface area contributed by atoms with E-state index in [1.54, 1.807) is 6.33 Å². The average Bonchev–Trinajstić information content (AvgIpc) is 2.84. The molecule has 2 saturated heterocycles. The first-order chi connectivity index (χ1) is 14.7.